The number of rotatable bonds is 6. The van der Waals surface area contributed by atoms with Crippen LogP contribution < -0.4 is 9.47 Å². The molecule has 1 heterocycles. The molecule has 0 saturated heterocycles. The highest BCUT2D eigenvalue weighted by Crippen LogP contribution is 2.30. The van der Waals surface area contributed by atoms with Gasteiger partial charge in [0.25, 0.3) is 0 Å². The van der Waals surface area contributed by atoms with Crippen LogP contribution in [0.4, 0.5) is 0 Å². The summed E-state index contributed by atoms with van der Waals surface area (Å²) in [6.07, 6.45) is 0. The predicted octanol–water partition coefficient (Wildman–Crippen LogP) is 3.70. The highest BCUT2D eigenvalue weighted by Gasteiger charge is 2.23. The number of hydrogen-bond donors (Lipinski definition) is 0. The zero-order chi connectivity index (χ0) is 21.0. The summed E-state index contributed by atoms with van der Waals surface area (Å²) in [5.41, 5.74) is 2.16. The van der Waals surface area contributed by atoms with Gasteiger partial charge in [0.05, 0.1) is 38.1 Å². The fourth-order valence-corrected chi connectivity index (χ4v) is 3.18. The number of nitrogens with zero attached hydrogens (tertiary/aromatic N) is 1. The van der Waals surface area contributed by atoms with Crippen LogP contribution in [0.2, 0.25) is 0 Å². The van der Waals surface area contributed by atoms with Gasteiger partial charge in [0.15, 0.2) is 0 Å². The SMILES string of the molecule is COC(=O)c1c(COC(=O)c2c(OC)cccc2OC)nc2ccccc2c1C. The molecule has 0 atom stereocenters. The second-order valence-electron chi connectivity index (χ2n) is 6.18. The molecule has 0 radical (unpaired) electrons. The number of hydrogen-bond acceptors (Lipinski definition) is 7. The Morgan fingerprint density at radius 2 is 1.52 bits per heavy atom. The van der Waals surface area contributed by atoms with E-state index in [9.17, 15) is 9.59 Å². The first kappa shape index (κ1) is 20.1. The molecule has 150 valence electrons. The highest BCUT2D eigenvalue weighted by atomic mass is 16.5. The number of benzene rings is 2. The first-order valence-electron chi connectivity index (χ1n) is 8.86. The van der Waals surface area contributed by atoms with E-state index in [1.54, 1.807) is 18.2 Å². The van der Waals surface area contributed by atoms with Gasteiger partial charge in [-0.15, -0.1) is 0 Å². The summed E-state index contributed by atoms with van der Waals surface area (Å²) >= 11 is 0. The number of pyridine rings is 1. The molecule has 2 aromatic carbocycles. The summed E-state index contributed by atoms with van der Waals surface area (Å²) in [6.45, 7) is 1.60. The van der Waals surface area contributed by atoms with Crippen LogP contribution in [-0.2, 0) is 16.1 Å². The molecule has 7 nitrogen and oxygen atoms in total. The maximum atomic E-state index is 12.8. The van der Waals surface area contributed by atoms with Crippen LogP contribution >= 0.6 is 0 Å². The molecular weight excluding hydrogens is 374 g/mol. The van der Waals surface area contributed by atoms with Crippen molar-refractivity contribution in [1.29, 1.82) is 0 Å². The van der Waals surface area contributed by atoms with E-state index in [4.69, 9.17) is 18.9 Å². The second kappa shape index (κ2) is 8.60. The lowest BCUT2D eigenvalue weighted by molar-refractivity contribution is 0.0448. The Morgan fingerprint density at radius 1 is 0.862 bits per heavy atom. The van der Waals surface area contributed by atoms with Crippen molar-refractivity contribution < 1.29 is 28.5 Å². The second-order valence-corrected chi connectivity index (χ2v) is 6.18. The summed E-state index contributed by atoms with van der Waals surface area (Å²) in [6, 6.07) is 12.4. The van der Waals surface area contributed by atoms with Crippen molar-refractivity contribution in [2.45, 2.75) is 13.5 Å². The Morgan fingerprint density at radius 3 is 2.14 bits per heavy atom. The molecule has 0 unspecified atom stereocenters. The smallest absolute Gasteiger partial charge is 0.346 e. The third kappa shape index (κ3) is 3.85. The van der Waals surface area contributed by atoms with Crippen LogP contribution in [0.25, 0.3) is 10.9 Å². The fraction of sp³-hybridized carbons (Fsp3) is 0.227. The largest absolute Gasteiger partial charge is 0.496 e. The van der Waals surface area contributed by atoms with Crippen molar-refractivity contribution in [1.82, 2.24) is 4.98 Å². The van der Waals surface area contributed by atoms with Crippen molar-refractivity contribution in [3.05, 3.63) is 64.8 Å². The lowest BCUT2D eigenvalue weighted by Crippen LogP contribution is -2.15. The van der Waals surface area contributed by atoms with Gasteiger partial charge in [-0.25, -0.2) is 14.6 Å². The molecule has 0 aliphatic carbocycles. The van der Waals surface area contributed by atoms with Crippen LogP contribution in [0.3, 0.4) is 0 Å². The fourth-order valence-electron chi connectivity index (χ4n) is 3.18. The number of esters is 2. The minimum atomic E-state index is -0.650. The van der Waals surface area contributed by atoms with Gasteiger partial charge in [-0.3, -0.25) is 0 Å². The van der Waals surface area contributed by atoms with E-state index in [0.717, 1.165) is 5.39 Å². The lowest BCUT2D eigenvalue weighted by atomic mass is 10.0. The Hall–Kier alpha value is -3.61. The number of carbonyl (C=O) groups excluding carboxylic acids is 2. The van der Waals surface area contributed by atoms with Gasteiger partial charge in [-0.05, 0) is 30.7 Å². The van der Waals surface area contributed by atoms with E-state index in [-0.39, 0.29) is 17.7 Å². The normalized spacial score (nSPS) is 10.5. The molecular formula is C22H21NO6. The molecule has 0 N–H and O–H groups in total. The third-order valence-electron chi connectivity index (χ3n) is 4.59. The van der Waals surface area contributed by atoms with Crippen molar-refractivity contribution in [2.24, 2.45) is 0 Å². The van der Waals surface area contributed by atoms with E-state index in [0.29, 0.717) is 28.3 Å². The van der Waals surface area contributed by atoms with Crippen LogP contribution in [0, 0.1) is 6.92 Å². The molecule has 0 saturated carbocycles. The average Bonchev–Trinajstić information content (AvgIpc) is 2.76. The Bertz CT molecular complexity index is 1050. The zero-order valence-electron chi connectivity index (χ0n) is 16.6. The van der Waals surface area contributed by atoms with Gasteiger partial charge in [0.2, 0.25) is 0 Å². The number of aromatic nitrogens is 1. The van der Waals surface area contributed by atoms with Crippen molar-refractivity contribution in [3.8, 4) is 11.5 Å². The minimum Gasteiger partial charge on any atom is -0.496 e. The van der Waals surface area contributed by atoms with E-state index < -0.39 is 11.9 Å². The van der Waals surface area contributed by atoms with E-state index in [2.05, 4.69) is 4.98 Å². The predicted molar refractivity (Wildman–Crippen MR) is 106 cm³/mol. The van der Waals surface area contributed by atoms with Gasteiger partial charge in [0.1, 0.15) is 23.7 Å². The maximum absolute atomic E-state index is 12.8. The Balaban J connectivity index is 1.99. The standard InChI is InChI=1S/C22H21NO6/c1-13-14-8-5-6-9-15(14)23-16(19(13)21(24)28-4)12-29-22(25)20-17(26-2)10-7-11-18(20)27-3/h5-11H,12H2,1-4H3. The molecule has 3 aromatic rings. The van der Waals surface area contributed by atoms with E-state index in [1.165, 1.54) is 21.3 Å². The minimum absolute atomic E-state index is 0.162. The third-order valence-corrected chi connectivity index (χ3v) is 4.59. The first-order chi connectivity index (χ1) is 14.0. The lowest BCUT2D eigenvalue weighted by Gasteiger charge is -2.15. The van der Waals surface area contributed by atoms with Gasteiger partial charge >= 0.3 is 11.9 Å². The number of carbonyl (C=O) groups is 2. The highest BCUT2D eigenvalue weighted by molar-refractivity contribution is 5.99. The van der Waals surface area contributed by atoms with Gasteiger partial charge < -0.3 is 18.9 Å². The Kier molecular flexibility index (Phi) is 5.97. The number of ether oxygens (including phenoxy) is 4. The topological polar surface area (TPSA) is 84.0 Å². The first-order valence-corrected chi connectivity index (χ1v) is 8.86. The molecule has 7 heteroatoms. The molecule has 0 amide bonds. The van der Waals surface area contributed by atoms with E-state index >= 15 is 0 Å². The molecule has 0 fully saturated rings. The molecule has 0 spiro atoms. The molecule has 0 aliphatic heterocycles. The van der Waals surface area contributed by atoms with Gasteiger partial charge in [-0.2, -0.15) is 0 Å². The van der Waals surface area contributed by atoms with Crippen molar-refractivity contribution >= 4 is 22.8 Å². The molecule has 3 rings (SSSR count). The van der Waals surface area contributed by atoms with Gasteiger partial charge in [0, 0.05) is 5.39 Å². The molecule has 1 aromatic heterocycles. The maximum Gasteiger partial charge on any atom is 0.346 e. The number of aryl methyl sites for hydroxylation is 1. The summed E-state index contributed by atoms with van der Waals surface area (Å²) in [4.78, 5) is 29.6. The Labute approximate surface area is 168 Å². The van der Waals surface area contributed by atoms with E-state index in [1.807, 2.05) is 31.2 Å². The number of para-hydroxylation sites is 1. The van der Waals surface area contributed by atoms with Crippen LogP contribution in [0.5, 0.6) is 11.5 Å². The quantitative estimate of drug-likeness (QED) is 0.588. The summed E-state index contributed by atoms with van der Waals surface area (Å²) in [5.74, 6) is -0.542. The van der Waals surface area contributed by atoms with Crippen LogP contribution in [0.15, 0.2) is 42.5 Å². The number of fused-ring (bicyclic) bond motifs is 1. The molecule has 29 heavy (non-hydrogen) atoms. The average molecular weight is 395 g/mol. The summed E-state index contributed by atoms with van der Waals surface area (Å²) in [7, 11) is 4.21. The summed E-state index contributed by atoms with van der Waals surface area (Å²) in [5, 5.41) is 0.828. The van der Waals surface area contributed by atoms with Crippen LogP contribution in [-0.4, -0.2) is 38.3 Å². The molecule has 0 bridgehead atoms. The van der Waals surface area contributed by atoms with Crippen molar-refractivity contribution in [2.75, 3.05) is 21.3 Å². The number of methoxy groups -OCH3 is 3. The summed E-state index contributed by atoms with van der Waals surface area (Å²) < 4.78 is 20.9. The molecule has 0 aliphatic rings. The monoisotopic (exact) mass is 395 g/mol. The van der Waals surface area contributed by atoms with Gasteiger partial charge in [-0.1, -0.05) is 24.3 Å². The van der Waals surface area contributed by atoms with Crippen LogP contribution in [0.1, 0.15) is 32.0 Å². The zero-order valence-corrected chi connectivity index (χ0v) is 16.6. The van der Waals surface area contributed by atoms with Crippen molar-refractivity contribution in [3.63, 3.8) is 0 Å².